The Morgan fingerprint density at radius 2 is 1.87 bits per heavy atom. The molecule has 0 spiro atoms. The van der Waals surface area contributed by atoms with E-state index in [0.717, 1.165) is 86.9 Å². The van der Waals surface area contributed by atoms with Crippen molar-refractivity contribution in [2.75, 3.05) is 40.0 Å². The Kier molecular flexibility index (Phi) is 9.74. The van der Waals surface area contributed by atoms with Crippen LogP contribution in [-0.4, -0.2) is 71.2 Å². The van der Waals surface area contributed by atoms with Crippen molar-refractivity contribution in [2.45, 2.75) is 58.7 Å². The quantitative estimate of drug-likeness (QED) is 0.138. The normalized spacial score (nSPS) is 16.4. The molecule has 3 heterocycles. The number of likely N-dealkylation sites (tertiary alicyclic amines) is 1. The number of benzene rings is 3. The number of methoxy groups -OCH3 is 1. The van der Waals surface area contributed by atoms with Gasteiger partial charge in [-0.15, -0.1) is 11.3 Å². The molecule has 47 heavy (non-hydrogen) atoms. The Balaban J connectivity index is 1.49. The summed E-state index contributed by atoms with van der Waals surface area (Å²) < 4.78 is 20.3. The van der Waals surface area contributed by atoms with E-state index in [0.29, 0.717) is 10.9 Å². The van der Waals surface area contributed by atoms with E-state index < -0.39 is 17.7 Å². The topological polar surface area (TPSA) is 78.7 Å². The highest BCUT2D eigenvalue weighted by atomic mass is 35.5. The van der Waals surface area contributed by atoms with Crippen LogP contribution in [0, 0.1) is 6.92 Å². The molecule has 1 aliphatic rings. The summed E-state index contributed by atoms with van der Waals surface area (Å²) in [4.78, 5) is 21.1. The lowest BCUT2D eigenvalue weighted by Gasteiger charge is -2.29. The number of aryl methyl sites for hydroxylation is 2. The summed E-state index contributed by atoms with van der Waals surface area (Å²) in [7, 11) is 3.77. The lowest BCUT2D eigenvalue weighted by atomic mass is 9.91. The zero-order chi connectivity index (χ0) is 33.5. The monoisotopic (exact) mass is 674 g/mol. The smallest absolute Gasteiger partial charge is 0.339 e. The number of aromatic nitrogens is 3. The maximum Gasteiger partial charge on any atom is 0.339 e. The van der Waals surface area contributed by atoms with Crippen LogP contribution in [0.4, 0.5) is 0 Å². The van der Waals surface area contributed by atoms with Crippen LogP contribution in [0.2, 0.25) is 5.02 Å². The maximum atomic E-state index is 13.5. The third kappa shape index (κ3) is 6.96. The van der Waals surface area contributed by atoms with Gasteiger partial charge in [0.05, 0.1) is 40.2 Å². The Labute approximate surface area is 285 Å². The minimum absolute atomic E-state index is 0.260. The number of esters is 1. The van der Waals surface area contributed by atoms with Gasteiger partial charge in [0.25, 0.3) is 0 Å². The molecule has 6 rings (SSSR count). The number of fused-ring (bicyclic) bond motifs is 2. The van der Waals surface area contributed by atoms with E-state index >= 15 is 0 Å². The fourth-order valence-electron chi connectivity index (χ4n) is 6.58. The number of thiazole rings is 1. The van der Waals surface area contributed by atoms with Gasteiger partial charge in [-0.05, 0) is 95.1 Å². The van der Waals surface area contributed by atoms with Crippen LogP contribution in [0.3, 0.4) is 0 Å². The summed E-state index contributed by atoms with van der Waals surface area (Å²) in [6.07, 6.45) is 0.158. The number of nitrogens with zero attached hydrogens (tertiary/aromatic N) is 4. The lowest BCUT2D eigenvalue weighted by molar-refractivity contribution is -0.166. The van der Waals surface area contributed by atoms with E-state index in [4.69, 9.17) is 35.9 Å². The number of hydrogen-bond acceptors (Lipinski definition) is 8. The van der Waals surface area contributed by atoms with Crippen LogP contribution in [0.1, 0.15) is 63.0 Å². The molecule has 0 amide bonds. The number of hydrogen-bond donors (Lipinski definition) is 0. The number of rotatable bonds is 10. The minimum atomic E-state index is -0.917. The van der Waals surface area contributed by atoms with Crippen molar-refractivity contribution in [3.05, 3.63) is 70.4 Å². The molecule has 0 N–H and O–H groups in total. The molecule has 2 atom stereocenters. The summed E-state index contributed by atoms with van der Waals surface area (Å²) in [5, 5.41) is 7.71. The van der Waals surface area contributed by atoms with Gasteiger partial charge in [0, 0.05) is 60.3 Å². The highest BCUT2D eigenvalue weighted by Gasteiger charge is 2.34. The first-order chi connectivity index (χ1) is 22.5. The number of halogens is 1. The standard InChI is InChI=1S/C37H43ClN4O4S/c1-8-45-36(43)33(46-37(3,4)5)30-22(2)19-28-34(31(30)23-9-12-26(38)13-10-23)47-35(39-28)24-11-14-29-27(20-24)32(40-41(29)6)25-15-16-42(21-25)17-18-44-7/h9-14,19-20,25,33H,8,15-18,21H2,1-7H3/t25-,33-/m0/s1. The molecule has 0 radical (unpaired) electrons. The van der Waals surface area contributed by atoms with Crippen molar-refractivity contribution in [2.24, 2.45) is 7.05 Å². The summed E-state index contributed by atoms with van der Waals surface area (Å²) >= 11 is 7.95. The molecular formula is C37H43ClN4O4S. The van der Waals surface area contributed by atoms with Crippen molar-refractivity contribution in [3.63, 3.8) is 0 Å². The molecule has 8 nitrogen and oxygen atoms in total. The predicted molar refractivity (Wildman–Crippen MR) is 190 cm³/mol. The molecule has 248 valence electrons. The lowest BCUT2D eigenvalue weighted by Crippen LogP contribution is -2.29. The van der Waals surface area contributed by atoms with Gasteiger partial charge < -0.3 is 19.1 Å². The Morgan fingerprint density at radius 1 is 1.13 bits per heavy atom. The van der Waals surface area contributed by atoms with Gasteiger partial charge in [0.15, 0.2) is 6.10 Å². The fraction of sp³-hybridized carbons (Fsp3) is 0.432. The Morgan fingerprint density at radius 3 is 2.57 bits per heavy atom. The first kappa shape index (κ1) is 33.6. The summed E-state index contributed by atoms with van der Waals surface area (Å²) in [6, 6.07) is 16.3. The molecule has 0 unspecified atom stereocenters. The summed E-state index contributed by atoms with van der Waals surface area (Å²) in [5.41, 5.74) is 7.10. The average Bonchev–Trinajstić information content (AvgIpc) is 3.75. The molecule has 3 aromatic carbocycles. The zero-order valence-electron chi connectivity index (χ0n) is 28.2. The van der Waals surface area contributed by atoms with Crippen molar-refractivity contribution in [1.29, 1.82) is 0 Å². The number of ether oxygens (including phenoxy) is 3. The van der Waals surface area contributed by atoms with Crippen molar-refractivity contribution >= 4 is 50.0 Å². The van der Waals surface area contributed by atoms with Crippen LogP contribution in [-0.2, 0) is 26.1 Å². The van der Waals surface area contributed by atoms with Crippen LogP contribution >= 0.6 is 22.9 Å². The average molecular weight is 675 g/mol. The third-order valence-electron chi connectivity index (χ3n) is 8.69. The third-order valence-corrected chi connectivity index (χ3v) is 10.1. The summed E-state index contributed by atoms with van der Waals surface area (Å²) in [5.74, 6) is -0.0439. The van der Waals surface area contributed by atoms with Gasteiger partial charge in [-0.2, -0.15) is 5.10 Å². The van der Waals surface area contributed by atoms with Gasteiger partial charge in [-0.1, -0.05) is 23.7 Å². The molecular weight excluding hydrogens is 632 g/mol. The van der Waals surface area contributed by atoms with Crippen molar-refractivity contribution < 1.29 is 19.0 Å². The maximum absolute atomic E-state index is 13.5. The van der Waals surface area contributed by atoms with Crippen molar-refractivity contribution in [1.82, 2.24) is 19.7 Å². The van der Waals surface area contributed by atoms with Gasteiger partial charge in [0.2, 0.25) is 0 Å². The first-order valence-electron chi connectivity index (χ1n) is 16.2. The minimum Gasteiger partial charge on any atom is -0.464 e. The number of carbonyl (C=O) groups excluding carboxylic acids is 1. The van der Waals surface area contributed by atoms with Crippen LogP contribution in [0.5, 0.6) is 0 Å². The Hall–Kier alpha value is -3.34. The second-order valence-corrected chi connectivity index (χ2v) is 14.7. The molecule has 1 fully saturated rings. The highest BCUT2D eigenvalue weighted by molar-refractivity contribution is 7.22. The van der Waals surface area contributed by atoms with E-state index in [1.54, 1.807) is 18.4 Å². The van der Waals surface area contributed by atoms with E-state index in [2.05, 4.69) is 29.2 Å². The van der Waals surface area contributed by atoms with Crippen LogP contribution in [0.15, 0.2) is 48.5 Å². The molecule has 5 aromatic rings. The van der Waals surface area contributed by atoms with Crippen LogP contribution in [0.25, 0.3) is 42.8 Å². The fourth-order valence-corrected chi connectivity index (χ4v) is 7.83. The first-order valence-corrected chi connectivity index (χ1v) is 17.4. The molecule has 1 aliphatic heterocycles. The molecule has 10 heteroatoms. The molecule has 2 aromatic heterocycles. The Bertz CT molecular complexity index is 1910. The van der Waals surface area contributed by atoms with Crippen molar-refractivity contribution in [3.8, 4) is 21.7 Å². The summed E-state index contributed by atoms with van der Waals surface area (Å²) in [6.45, 7) is 13.6. The second kappa shape index (κ2) is 13.6. The SMILES string of the molecule is CCOC(=O)[C@@H](OC(C)(C)C)c1c(C)cc2nc(-c3ccc4c(c3)c([C@H]3CCN(CCOC)C3)nn4C)sc2c1-c1ccc(Cl)cc1. The zero-order valence-corrected chi connectivity index (χ0v) is 29.8. The highest BCUT2D eigenvalue weighted by Crippen LogP contribution is 2.45. The molecule has 0 saturated carbocycles. The van der Waals surface area contributed by atoms with E-state index in [9.17, 15) is 4.79 Å². The molecule has 0 aliphatic carbocycles. The van der Waals surface area contributed by atoms with Gasteiger partial charge in [-0.3, -0.25) is 4.68 Å². The second-order valence-electron chi connectivity index (χ2n) is 13.2. The van der Waals surface area contributed by atoms with Gasteiger partial charge in [-0.25, -0.2) is 9.78 Å². The predicted octanol–water partition coefficient (Wildman–Crippen LogP) is 8.33. The number of carbonyl (C=O) groups is 1. The van der Waals surface area contributed by atoms with E-state index in [1.807, 2.05) is 70.6 Å². The van der Waals surface area contributed by atoms with Crippen LogP contribution < -0.4 is 0 Å². The van der Waals surface area contributed by atoms with Gasteiger partial charge in [0.1, 0.15) is 5.01 Å². The van der Waals surface area contributed by atoms with Gasteiger partial charge >= 0.3 is 5.97 Å². The van der Waals surface area contributed by atoms with E-state index in [-0.39, 0.29) is 6.61 Å². The van der Waals surface area contributed by atoms with E-state index in [1.165, 1.54) is 5.39 Å². The molecule has 1 saturated heterocycles. The molecule has 0 bridgehead atoms. The largest absolute Gasteiger partial charge is 0.464 e.